The lowest BCUT2D eigenvalue weighted by atomic mass is 10.1. The molecule has 0 radical (unpaired) electrons. The van der Waals surface area contributed by atoms with Crippen LogP contribution in [0.15, 0.2) is 42.6 Å². The number of hydrogen-bond donors (Lipinski definition) is 3. The number of rotatable bonds is 6. The number of benzene rings is 1. The van der Waals surface area contributed by atoms with Crippen molar-refractivity contribution in [2.45, 2.75) is 45.3 Å². The molecule has 1 aliphatic rings. The van der Waals surface area contributed by atoms with Gasteiger partial charge in [0.05, 0.1) is 11.3 Å². The molecular formula is C23H28N4O5. The minimum atomic E-state index is -1.07. The fourth-order valence-electron chi connectivity index (χ4n) is 3.42. The first kappa shape index (κ1) is 23.2. The first-order valence-electron chi connectivity index (χ1n) is 10.5. The fourth-order valence-corrected chi connectivity index (χ4v) is 3.42. The van der Waals surface area contributed by atoms with Gasteiger partial charge in [0.25, 0.3) is 11.8 Å². The molecule has 0 saturated heterocycles. The van der Waals surface area contributed by atoms with E-state index < -0.39 is 23.6 Å². The molecule has 0 bridgehead atoms. The molecule has 0 spiro atoms. The van der Waals surface area contributed by atoms with E-state index in [-0.39, 0.29) is 18.3 Å². The zero-order valence-corrected chi connectivity index (χ0v) is 18.4. The van der Waals surface area contributed by atoms with Crippen LogP contribution in [0, 0.1) is 0 Å². The summed E-state index contributed by atoms with van der Waals surface area (Å²) in [5, 5.41) is 14.5. The van der Waals surface area contributed by atoms with Gasteiger partial charge in [-0.05, 0) is 51.8 Å². The molecule has 2 heterocycles. The van der Waals surface area contributed by atoms with E-state index in [0.29, 0.717) is 36.2 Å². The number of ether oxygens (including phenoxy) is 1. The number of aliphatic hydroxyl groups is 1. The fraction of sp³-hybridized carbons (Fsp3) is 0.391. The van der Waals surface area contributed by atoms with Gasteiger partial charge >= 0.3 is 6.09 Å². The van der Waals surface area contributed by atoms with Gasteiger partial charge in [-0.1, -0.05) is 18.2 Å². The molecular weight excluding hydrogens is 412 g/mol. The number of nitrogens with one attached hydrogen (secondary N) is 2. The lowest BCUT2D eigenvalue weighted by molar-refractivity contribution is -0.120. The molecule has 1 atom stereocenters. The van der Waals surface area contributed by atoms with E-state index in [9.17, 15) is 14.4 Å². The number of pyridine rings is 1. The molecule has 0 saturated carbocycles. The third-order valence-electron chi connectivity index (χ3n) is 4.79. The van der Waals surface area contributed by atoms with Gasteiger partial charge in [-0.25, -0.2) is 9.78 Å². The summed E-state index contributed by atoms with van der Waals surface area (Å²) in [6.45, 7) is 5.56. The number of amides is 3. The van der Waals surface area contributed by atoms with Crippen molar-refractivity contribution in [3.05, 3.63) is 53.7 Å². The van der Waals surface area contributed by atoms with Crippen molar-refractivity contribution in [1.29, 1.82) is 0 Å². The summed E-state index contributed by atoms with van der Waals surface area (Å²) in [5.74, 6) is -0.640. The highest BCUT2D eigenvalue weighted by Crippen LogP contribution is 2.31. The van der Waals surface area contributed by atoms with Gasteiger partial charge in [-0.15, -0.1) is 0 Å². The Balaban J connectivity index is 1.97. The SMILES string of the molecule is CC(C)(C)OC(=O)Nc1ncccc1C1NC(=O)c2ccccc2N(CCCCO)C1=O. The second kappa shape index (κ2) is 9.78. The average Bonchev–Trinajstić information content (AvgIpc) is 2.83. The Bertz CT molecular complexity index is 1000. The number of aliphatic hydroxyl groups excluding tert-OH is 1. The van der Waals surface area contributed by atoms with Crippen LogP contribution in [0.3, 0.4) is 0 Å². The zero-order valence-electron chi connectivity index (χ0n) is 18.4. The Morgan fingerprint density at radius 2 is 1.94 bits per heavy atom. The molecule has 1 unspecified atom stereocenters. The topological polar surface area (TPSA) is 121 Å². The molecule has 9 nitrogen and oxygen atoms in total. The average molecular weight is 441 g/mol. The molecule has 1 aromatic heterocycles. The third kappa shape index (κ3) is 5.42. The van der Waals surface area contributed by atoms with Crippen LogP contribution in [0.1, 0.15) is 55.6 Å². The largest absolute Gasteiger partial charge is 0.444 e. The number of anilines is 2. The Morgan fingerprint density at radius 3 is 2.66 bits per heavy atom. The molecule has 9 heteroatoms. The Labute approximate surface area is 186 Å². The van der Waals surface area contributed by atoms with E-state index in [0.717, 1.165) is 0 Å². The van der Waals surface area contributed by atoms with E-state index in [1.54, 1.807) is 57.2 Å². The molecule has 1 aliphatic heterocycles. The molecule has 3 N–H and O–H groups in total. The highest BCUT2D eigenvalue weighted by molar-refractivity contribution is 6.11. The van der Waals surface area contributed by atoms with Crippen LogP contribution < -0.4 is 15.5 Å². The highest BCUT2D eigenvalue weighted by atomic mass is 16.6. The molecule has 0 aliphatic carbocycles. The van der Waals surface area contributed by atoms with Crippen molar-refractivity contribution in [3.8, 4) is 0 Å². The normalized spacial score (nSPS) is 16.1. The van der Waals surface area contributed by atoms with E-state index in [1.165, 1.54) is 11.1 Å². The summed E-state index contributed by atoms with van der Waals surface area (Å²) in [6.07, 6.45) is 1.85. The van der Waals surface area contributed by atoms with E-state index >= 15 is 0 Å². The Hall–Kier alpha value is -3.46. The monoisotopic (exact) mass is 440 g/mol. The minimum Gasteiger partial charge on any atom is -0.444 e. The lowest BCUT2D eigenvalue weighted by Gasteiger charge is -2.26. The van der Waals surface area contributed by atoms with E-state index in [4.69, 9.17) is 9.84 Å². The van der Waals surface area contributed by atoms with Crippen LogP contribution in [-0.2, 0) is 9.53 Å². The Kier molecular flexibility index (Phi) is 7.09. The summed E-state index contributed by atoms with van der Waals surface area (Å²) >= 11 is 0. The molecule has 32 heavy (non-hydrogen) atoms. The van der Waals surface area contributed by atoms with Crippen LogP contribution in [0.4, 0.5) is 16.3 Å². The van der Waals surface area contributed by atoms with Crippen molar-refractivity contribution in [1.82, 2.24) is 10.3 Å². The maximum Gasteiger partial charge on any atom is 0.413 e. The number of carbonyl (C=O) groups excluding carboxylic acids is 3. The summed E-state index contributed by atoms with van der Waals surface area (Å²) in [4.78, 5) is 44.6. The van der Waals surface area contributed by atoms with Crippen LogP contribution in [-0.4, -0.2) is 46.8 Å². The van der Waals surface area contributed by atoms with Crippen molar-refractivity contribution >= 4 is 29.4 Å². The molecule has 3 rings (SSSR count). The van der Waals surface area contributed by atoms with Gasteiger partial charge in [0.1, 0.15) is 17.5 Å². The van der Waals surface area contributed by atoms with Gasteiger partial charge in [0, 0.05) is 24.9 Å². The number of carbonyl (C=O) groups is 3. The quantitative estimate of drug-likeness (QED) is 0.594. The van der Waals surface area contributed by atoms with Gasteiger partial charge in [-0.3, -0.25) is 14.9 Å². The number of fused-ring (bicyclic) bond motifs is 1. The van der Waals surface area contributed by atoms with E-state index in [1.807, 2.05) is 0 Å². The summed E-state index contributed by atoms with van der Waals surface area (Å²) in [5.41, 5.74) is 0.506. The maximum atomic E-state index is 13.6. The maximum absolute atomic E-state index is 13.6. The van der Waals surface area contributed by atoms with Crippen LogP contribution in [0.5, 0.6) is 0 Å². The van der Waals surface area contributed by atoms with Gasteiger partial charge in [0.2, 0.25) is 0 Å². The summed E-state index contributed by atoms with van der Waals surface area (Å²) in [6, 6.07) is 9.06. The number of hydrogen-bond acceptors (Lipinski definition) is 6. The van der Waals surface area contributed by atoms with Crippen LogP contribution >= 0.6 is 0 Å². The molecule has 2 aromatic rings. The molecule has 1 aromatic carbocycles. The number of unbranched alkanes of at least 4 members (excludes halogenated alkanes) is 1. The second-order valence-electron chi connectivity index (χ2n) is 8.41. The summed E-state index contributed by atoms with van der Waals surface area (Å²) in [7, 11) is 0. The van der Waals surface area contributed by atoms with Gasteiger partial charge < -0.3 is 20.1 Å². The molecule has 0 fully saturated rings. The highest BCUT2D eigenvalue weighted by Gasteiger charge is 2.36. The van der Waals surface area contributed by atoms with Crippen LogP contribution in [0.25, 0.3) is 0 Å². The zero-order chi connectivity index (χ0) is 23.3. The van der Waals surface area contributed by atoms with Crippen molar-refractivity contribution in [2.24, 2.45) is 0 Å². The first-order chi connectivity index (χ1) is 15.2. The number of aromatic nitrogens is 1. The standard InChI is InChI=1S/C23H28N4O5/c1-23(2,3)32-22(31)26-19-16(10-8-12-24-19)18-21(30)27(13-6-7-14-28)17-11-5-4-9-15(17)20(29)25-18/h4-5,8-12,18,28H,6-7,13-14H2,1-3H3,(H,25,29)(H,24,26,31). The predicted molar refractivity (Wildman–Crippen MR) is 119 cm³/mol. The predicted octanol–water partition coefficient (Wildman–Crippen LogP) is 3.02. The van der Waals surface area contributed by atoms with Gasteiger partial charge in [0.15, 0.2) is 0 Å². The Morgan fingerprint density at radius 1 is 1.19 bits per heavy atom. The van der Waals surface area contributed by atoms with Gasteiger partial charge in [-0.2, -0.15) is 0 Å². The molecule has 3 amide bonds. The van der Waals surface area contributed by atoms with Crippen LogP contribution in [0.2, 0.25) is 0 Å². The first-order valence-corrected chi connectivity index (χ1v) is 10.5. The third-order valence-corrected chi connectivity index (χ3v) is 4.79. The van der Waals surface area contributed by atoms with E-state index in [2.05, 4.69) is 15.6 Å². The van der Waals surface area contributed by atoms with Crippen molar-refractivity contribution in [2.75, 3.05) is 23.4 Å². The summed E-state index contributed by atoms with van der Waals surface area (Å²) < 4.78 is 5.30. The van der Waals surface area contributed by atoms with Crippen molar-refractivity contribution in [3.63, 3.8) is 0 Å². The second-order valence-corrected chi connectivity index (χ2v) is 8.41. The number of para-hydroxylation sites is 1. The smallest absolute Gasteiger partial charge is 0.413 e. The minimum absolute atomic E-state index is 0.0108. The lowest BCUT2D eigenvalue weighted by Crippen LogP contribution is -2.41. The van der Waals surface area contributed by atoms with Crippen molar-refractivity contribution < 1.29 is 24.2 Å². The number of nitrogens with zero attached hydrogens (tertiary/aromatic N) is 2. The molecule has 170 valence electrons.